The van der Waals surface area contributed by atoms with Crippen LogP contribution in [0.1, 0.15) is 12.8 Å². The lowest BCUT2D eigenvalue weighted by Gasteiger charge is -2.22. The number of nitrogens with one attached hydrogen (secondary N) is 3. The second-order valence-electron chi connectivity index (χ2n) is 4.39. The van der Waals surface area contributed by atoms with Gasteiger partial charge in [-0.15, -0.1) is 0 Å². The van der Waals surface area contributed by atoms with Gasteiger partial charge in [-0.3, -0.25) is 0 Å². The van der Waals surface area contributed by atoms with Crippen LogP contribution in [0, 0.1) is 5.92 Å². The lowest BCUT2D eigenvalue weighted by atomic mass is 9.98. The van der Waals surface area contributed by atoms with Gasteiger partial charge in [0.1, 0.15) is 0 Å². The van der Waals surface area contributed by atoms with Crippen LogP contribution in [-0.4, -0.2) is 25.7 Å². The average Bonchev–Trinajstić information content (AvgIpc) is 2.39. The average molecular weight is 233 g/mol. The number of benzene rings is 1. The molecule has 0 saturated carbocycles. The smallest absolute Gasteiger partial charge is 0.319 e. The number of carbonyl (C=O) groups excluding carboxylic acids is 1. The van der Waals surface area contributed by atoms with Gasteiger partial charge in [0.2, 0.25) is 0 Å². The zero-order valence-corrected chi connectivity index (χ0v) is 9.91. The standard InChI is InChI=1S/C13H19N3O/c17-13(16-12-4-2-1-3-5-12)15-10-11-6-8-14-9-7-11/h1-5,11,14H,6-10H2,(H2,15,16,17). The lowest BCUT2D eigenvalue weighted by Crippen LogP contribution is -2.37. The lowest BCUT2D eigenvalue weighted by molar-refractivity contribution is 0.248. The number of anilines is 1. The number of hydrogen-bond donors (Lipinski definition) is 3. The quantitative estimate of drug-likeness (QED) is 0.745. The molecule has 0 atom stereocenters. The maximum atomic E-state index is 11.6. The summed E-state index contributed by atoms with van der Waals surface area (Å²) in [4.78, 5) is 11.6. The van der Waals surface area contributed by atoms with E-state index in [0.717, 1.165) is 38.2 Å². The van der Waals surface area contributed by atoms with Crippen molar-refractivity contribution in [2.45, 2.75) is 12.8 Å². The van der Waals surface area contributed by atoms with Crippen molar-refractivity contribution in [2.75, 3.05) is 25.0 Å². The third-order valence-corrected chi connectivity index (χ3v) is 3.04. The van der Waals surface area contributed by atoms with Crippen LogP contribution >= 0.6 is 0 Å². The van der Waals surface area contributed by atoms with E-state index in [1.807, 2.05) is 30.3 Å². The minimum Gasteiger partial charge on any atom is -0.338 e. The predicted octanol–water partition coefficient (Wildman–Crippen LogP) is 1.81. The molecule has 3 N–H and O–H groups in total. The van der Waals surface area contributed by atoms with Crippen molar-refractivity contribution in [3.8, 4) is 0 Å². The van der Waals surface area contributed by atoms with Crippen molar-refractivity contribution in [1.82, 2.24) is 10.6 Å². The summed E-state index contributed by atoms with van der Waals surface area (Å²) in [5.41, 5.74) is 0.829. The summed E-state index contributed by atoms with van der Waals surface area (Å²) < 4.78 is 0. The van der Waals surface area contributed by atoms with Crippen LogP contribution in [0.4, 0.5) is 10.5 Å². The van der Waals surface area contributed by atoms with E-state index < -0.39 is 0 Å². The topological polar surface area (TPSA) is 53.2 Å². The van der Waals surface area contributed by atoms with Gasteiger partial charge in [0.25, 0.3) is 0 Å². The van der Waals surface area contributed by atoms with E-state index in [4.69, 9.17) is 0 Å². The molecule has 1 fully saturated rings. The summed E-state index contributed by atoms with van der Waals surface area (Å²) in [6.45, 7) is 2.89. The third kappa shape index (κ3) is 4.07. The Labute approximate surface area is 102 Å². The molecule has 92 valence electrons. The zero-order chi connectivity index (χ0) is 11.9. The van der Waals surface area contributed by atoms with Gasteiger partial charge >= 0.3 is 6.03 Å². The Kier molecular flexibility index (Phi) is 4.38. The molecule has 0 aliphatic carbocycles. The van der Waals surface area contributed by atoms with Crippen LogP contribution in [-0.2, 0) is 0 Å². The van der Waals surface area contributed by atoms with Gasteiger partial charge in [-0.2, -0.15) is 0 Å². The molecule has 0 spiro atoms. The van der Waals surface area contributed by atoms with Crippen LogP contribution < -0.4 is 16.0 Å². The Bertz CT molecular complexity index is 347. The van der Waals surface area contributed by atoms with Crippen molar-refractivity contribution in [2.24, 2.45) is 5.92 Å². The molecule has 1 aliphatic heterocycles. The summed E-state index contributed by atoms with van der Waals surface area (Å²) >= 11 is 0. The number of amides is 2. The second-order valence-corrected chi connectivity index (χ2v) is 4.39. The van der Waals surface area contributed by atoms with Crippen LogP contribution in [0.2, 0.25) is 0 Å². The molecule has 1 aliphatic rings. The first-order chi connectivity index (χ1) is 8.34. The molecule has 4 heteroatoms. The number of urea groups is 1. The largest absolute Gasteiger partial charge is 0.338 e. The number of para-hydroxylation sites is 1. The number of rotatable bonds is 3. The molecule has 0 aromatic heterocycles. The molecular formula is C13H19N3O. The summed E-state index contributed by atoms with van der Waals surface area (Å²) in [6.07, 6.45) is 2.29. The van der Waals surface area contributed by atoms with Gasteiger partial charge in [-0.05, 0) is 44.0 Å². The van der Waals surface area contributed by atoms with E-state index in [0.29, 0.717) is 5.92 Å². The first-order valence-electron chi connectivity index (χ1n) is 6.15. The van der Waals surface area contributed by atoms with Gasteiger partial charge in [-0.1, -0.05) is 18.2 Å². The highest BCUT2D eigenvalue weighted by atomic mass is 16.2. The van der Waals surface area contributed by atoms with Crippen molar-refractivity contribution in [3.05, 3.63) is 30.3 Å². The molecule has 0 bridgehead atoms. The number of piperidine rings is 1. The maximum absolute atomic E-state index is 11.6. The van der Waals surface area contributed by atoms with Gasteiger partial charge < -0.3 is 16.0 Å². The van der Waals surface area contributed by atoms with Crippen molar-refractivity contribution < 1.29 is 4.79 Å². The summed E-state index contributed by atoms with van der Waals surface area (Å²) in [5.74, 6) is 0.609. The first-order valence-corrected chi connectivity index (χ1v) is 6.15. The SMILES string of the molecule is O=C(NCC1CCNCC1)Nc1ccccc1. The Morgan fingerprint density at radius 1 is 1.24 bits per heavy atom. The Hall–Kier alpha value is -1.55. The van der Waals surface area contributed by atoms with Crippen LogP contribution in [0.3, 0.4) is 0 Å². The van der Waals surface area contributed by atoms with Crippen LogP contribution in [0.25, 0.3) is 0 Å². The minimum absolute atomic E-state index is 0.116. The summed E-state index contributed by atoms with van der Waals surface area (Å²) in [7, 11) is 0. The molecule has 2 rings (SSSR count). The molecule has 0 unspecified atom stereocenters. The predicted molar refractivity (Wildman–Crippen MR) is 69.1 cm³/mol. The third-order valence-electron chi connectivity index (χ3n) is 3.04. The van der Waals surface area contributed by atoms with E-state index in [-0.39, 0.29) is 6.03 Å². The maximum Gasteiger partial charge on any atom is 0.319 e. The number of carbonyl (C=O) groups is 1. The normalized spacial score (nSPS) is 16.5. The highest BCUT2D eigenvalue weighted by molar-refractivity contribution is 5.89. The van der Waals surface area contributed by atoms with Crippen molar-refractivity contribution in [1.29, 1.82) is 0 Å². The molecular weight excluding hydrogens is 214 g/mol. The van der Waals surface area contributed by atoms with Gasteiger partial charge in [0.15, 0.2) is 0 Å². The van der Waals surface area contributed by atoms with Gasteiger partial charge in [0, 0.05) is 12.2 Å². The highest BCUT2D eigenvalue weighted by Gasteiger charge is 2.13. The summed E-state index contributed by atoms with van der Waals surface area (Å²) in [6, 6.07) is 9.38. The van der Waals surface area contributed by atoms with Crippen LogP contribution in [0.5, 0.6) is 0 Å². The van der Waals surface area contributed by atoms with Crippen LogP contribution in [0.15, 0.2) is 30.3 Å². The molecule has 1 aromatic carbocycles. The van der Waals surface area contributed by atoms with Crippen molar-refractivity contribution in [3.63, 3.8) is 0 Å². The Balaban J connectivity index is 1.70. The number of hydrogen-bond acceptors (Lipinski definition) is 2. The fraction of sp³-hybridized carbons (Fsp3) is 0.462. The first kappa shape index (κ1) is 11.9. The van der Waals surface area contributed by atoms with E-state index in [1.54, 1.807) is 0 Å². The van der Waals surface area contributed by atoms with E-state index in [9.17, 15) is 4.79 Å². The monoisotopic (exact) mass is 233 g/mol. The fourth-order valence-electron chi connectivity index (χ4n) is 2.02. The zero-order valence-electron chi connectivity index (χ0n) is 9.91. The van der Waals surface area contributed by atoms with E-state index in [2.05, 4.69) is 16.0 Å². The molecule has 17 heavy (non-hydrogen) atoms. The molecule has 1 heterocycles. The van der Waals surface area contributed by atoms with E-state index >= 15 is 0 Å². The Morgan fingerprint density at radius 3 is 2.65 bits per heavy atom. The van der Waals surface area contributed by atoms with Gasteiger partial charge in [-0.25, -0.2) is 4.79 Å². The second kappa shape index (κ2) is 6.25. The highest BCUT2D eigenvalue weighted by Crippen LogP contribution is 2.10. The molecule has 1 aromatic rings. The Morgan fingerprint density at radius 2 is 1.94 bits per heavy atom. The van der Waals surface area contributed by atoms with Gasteiger partial charge in [0.05, 0.1) is 0 Å². The molecule has 1 saturated heterocycles. The molecule has 0 radical (unpaired) electrons. The molecule has 4 nitrogen and oxygen atoms in total. The fourth-order valence-corrected chi connectivity index (χ4v) is 2.02. The molecule has 2 amide bonds. The van der Waals surface area contributed by atoms with Crippen molar-refractivity contribution >= 4 is 11.7 Å². The summed E-state index contributed by atoms with van der Waals surface area (Å²) in [5, 5.41) is 9.05. The van der Waals surface area contributed by atoms with E-state index in [1.165, 1.54) is 0 Å². The minimum atomic E-state index is -0.116.